The maximum atomic E-state index is 12.8. The first kappa shape index (κ1) is 27.2. The zero-order chi connectivity index (χ0) is 25.9. The lowest BCUT2D eigenvalue weighted by Crippen LogP contribution is -2.20. The van der Waals surface area contributed by atoms with Crippen molar-refractivity contribution in [2.24, 2.45) is 0 Å². The molecule has 37 heavy (non-hydrogen) atoms. The molecule has 1 aromatic carbocycles. The van der Waals surface area contributed by atoms with Gasteiger partial charge in [-0.15, -0.1) is 11.3 Å². The van der Waals surface area contributed by atoms with E-state index in [-0.39, 0.29) is 11.3 Å². The summed E-state index contributed by atoms with van der Waals surface area (Å²) in [5.41, 5.74) is 2.06. The molecule has 3 heterocycles. The van der Waals surface area contributed by atoms with Gasteiger partial charge in [-0.3, -0.25) is 9.59 Å². The Balaban J connectivity index is 1.25. The lowest BCUT2D eigenvalue weighted by atomic mass is 10.0. The lowest BCUT2D eigenvalue weighted by Gasteiger charge is -2.13. The largest absolute Gasteiger partial charge is 0.322 e. The third-order valence-corrected chi connectivity index (χ3v) is 8.08. The SMILES string of the molecule is O=C(CCCCCCCSc1nc(=O)c(Cc2cncnc2)cn1Cc1cccs1)c1ccc(Cl)cc1. The monoisotopic (exact) mass is 552 g/mol. The summed E-state index contributed by atoms with van der Waals surface area (Å²) in [6, 6.07) is 11.2. The molecule has 0 unspecified atom stereocenters. The molecule has 0 bridgehead atoms. The summed E-state index contributed by atoms with van der Waals surface area (Å²) in [5, 5.41) is 3.45. The van der Waals surface area contributed by atoms with Gasteiger partial charge in [0.05, 0.1) is 6.54 Å². The Morgan fingerprint density at radius 2 is 1.76 bits per heavy atom. The third-order valence-electron chi connectivity index (χ3n) is 5.89. The average molecular weight is 553 g/mol. The number of rotatable bonds is 14. The molecule has 0 aliphatic carbocycles. The summed E-state index contributed by atoms with van der Waals surface area (Å²) < 4.78 is 2.08. The van der Waals surface area contributed by atoms with Crippen LogP contribution in [0.3, 0.4) is 0 Å². The van der Waals surface area contributed by atoms with Gasteiger partial charge in [-0.25, -0.2) is 9.97 Å². The van der Waals surface area contributed by atoms with Crippen molar-refractivity contribution in [3.05, 3.63) is 104 Å². The van der Waals surface area contributed by atoms with Gasteiger partial charge in [-0.2, -0.15) is 4.98 Å². The molecular weight excluding hydrogens is 524 g/mol. The van der Waals surface area contributed by atoms with E-state index in [1.165, 1.54) is 11.2 Å². The molecule has 0 N–H and O–H groups in total. The number of ketones is 1. The molecule has 4 rings (SSSR count). The summed E-state index contributed by atoms with van der Waals surface area (Å²) in [7, 11) is 0. The van der Waals surface area contributed by atoms with Crippen molar-refractivity contribution in [2.75, 3.05) is 5.75 Å². The molecule has 0 saturated carbocycles. The van der Waals surface area contributed by atoms with Gasteiger partial charge in [0, 0.05) is 58.2 Å². The minimum absolute atomic E-state index is 0.172. The number of aromatic nitrogens is 4. The van der Waals surface area contributed by atoms with Gasteiger partial charge in [0.25, 0.3) is 5.56 Å². The Morgan fingerprint density at radius 3 is 2.51 bits per heavy atom. The van der Waals surface area contributed by atoms with E-state index in [0.717, 1.165) is 54.1 Å². The number of thioether (sulfide) groups is 1. The molecule has 9 heteroatoms. The maximum Gasteiger partial charge on any atom is 0.277 e. The zero-order valence-electron chi connectivity index (χ0n) is 20.5. The summed E-state index contributed by atoms with van der Waals surface area (Å²) in [4.78, 5) is 38.8. The van der Waals surface area contributed by atoms with Crippen molar-refractivity contribution in [2.45, 2.75) is 56.6 Å². The van der Waals surface area contributed by atoms with Crippen molar-refractivity contribution in [3.63, 3.8) is 0 Å². The van der Waals surface area contributed by atoms with Crippen molar-refractivity contribution < 1.29 is 4.79 Å². The maximum absolute atomic E-state index is 12.8. The molecule has 6 nitrogen and oxygen atoms in total. The van der Waals surface area contributed by atoms with Gasteiger partial charge < -0.3 is 4.57 Å². The Hall–Kier alpha value is -2.81. The Kier molecular flexibility index (Phi) is 10.5. The lowest BCUT2D eigenvalue weighted by molar-refractivity contribution is 0.0979. The van der Waals surface area contributed by atoms with E-state index in [9.17, 15) is 9.59 Å². The number of hydrogen-bond donors (Lipinski definition) is 0. The summed E-state index contributed by atoms with van der Waals surface area (Å²) >= 11 is 9.22. The standard InChI is InChI=1S/C28H29ClN4O2S2/c29-24-11-9-22(10-12-24)26(34)8-4-2-1-3-5-13-37-28-32-27(35)23(15-21-16-30-20-31-17-21)18-33(28)19-25-7-6-14-36-25/h6-7,9-12,14,16-18,20H,1-5,8,13,15,19H2. The Bertz CT molecular complexity index is 1330. The molecule has 0 aliphatic heterocycles. The molecule has 4 aromatic rings. The average Bonchev–Trinajstić information content (AvgIpc) is 3.42. The summed E-state index contributed by atoms with van der Waals surface area (Å²) in [6.45, 7) is 0.688. The first-order valence-electron chi connectivity index (χ1n) is 12.4. The van der Waals surface area contributed by atoms with Crippen LogP contribution in [0.4, 0.5) is 0 Å². The van der Waals surface area contributed by atoms with E-state index in [2.05, 4.69) is 31.0 Å². The smallest absolute Gasteiger partial charge is 0.277 e. The van der Waals surface area contributed by atoms with E-state index in [1.54, 1.807) is 59.8 Å². The molecule has 0 spiro atoms. The molecule has 192 valence electrons. The van der Waals surface area contributed by atoms with E-state index in [1.807, 2.05) is 12.3 Å². The van der Waals surface area contributed by atoms with Crippen LogP contribution in [-0.4, -0.2) is 31.1 Å². The number of benzene rings is 1. The number of hydrogen-bond acceptors (Lipinski definition) is 7. The highest BCUT2D eigenvalue weighted by Crippen LogP contribution is 2.21. The quantitative estimate of drug-likeness (QED) is 0.0749. The number of nitrogens with zero attached hydrogens (tertiary/aromatic N) is 4. The second-order valence-electron chi connectivity index (χ2n) is 8.78. The van der Waals surface area contributed by atoms with E-state index in [4.69, 9.17) is 11.6 Å². The van der Waals surface area contributed by atoms with Crippen LogP contribution >= 0.6 is 34.7 Å². The van der Waals surface area contributed by atoms with Crippen molar-refractivity contribution in [1.82, 2.24) is 19.5 Å². The molecule has 0 aliphatic rings. The number of Topliss-reactive ketones (excluding diaryl/α,β-unsaturated/α-hetero) is 1. The minimum Gasteiger partial charge on any atom is -0.322 e. The number of carbonyl (C=O) groups is 1. The predicted octanol–water partition coefficient (Wildman–Crippen LogP) is 6.70. The van der Waals surface area contributed by atoms with Gasteiger partial charge in [0.2, 0.25) is 0 Å². The van der Waals surface area contributed by atoms with Crippen LogP contribution < -0.4 is 5.56 Å². The van der Waals surface area contributed by atoms with Crippen LogP contribution in [-0.2, 0) is 13.0 Å². The predicted molar refractivity (Wildman–Crippen MR) is 151 cm³/mol. The van der Waals surface area contributed by atoms with Crippen molar-refractivity contribution in [1.29, 1.82) is 0 Å². The normalized spacial score (nSPS) is 11.1. The second kappa shape index (κ2) is 14.2. The minimum atomic E-state index is -0.195. The fourth-order valence-electron chi connectivity index (χ4n) is 3.94. The van der Waals surface area contributed by atoms with Crippen LogP contribution in [0.25, 0.3) is 0 Å². The van der Waals surface area contributed by atoms with Gasteiger partial charge in [-0.05, 0) is 54.1 Å². The van der Waals surface area contributed by atoms with Gasteiger partial charge in [0.15, 0.2) is 10.9 Å². The van der Waals surface area contributed by atoms with Crippen LogP contribution in [0, 0.1) is 0 Å². The van der Waals surface area contributed by atoms with Crippen molar-refractivity contribution >= 4 is 40.5 Å². The van der Waals surface area contributed by atoms with Crippen LogP contribution in [0.5, 0.6) is 0 Å². The number of unbranched alkanes of at least 4 members (excludes halogenated alkanes) is 4. The Labute approximate surface area is 230 Å². The highest BCUT2D eigenvalue weighted by atomic mass is 35.5. The van der Waals surface area contributed by atoms with Crippen LogP contribution in [0.2, 0.25) is 5.02 Å². The highest BCUT2D eigenvalue weighted by molar-refractivity contribution is 7.99. The van der Waals surface area contributed by atoms with E-state index in [0.29, 0.717) is 30.0 Å². The number of thiophene rings is 1. The summed E-state index contributed by atoms with van der Waals surface area (Å²) in [6.07, 6.45) is 13.0. The van der Waals surface area contributed by atoms with Gasteiger partial charge in [-0.1, -0.05) is 48.7 Å². The Morgan fingerprint density at radius 1 is 1.00 bits per heavy atom. The van der Waals surface area contributed by atoms with Crippen LogP contribution in [0.15, 0.2) is 76.6 Å². The molecule has 0 amide bonds. The van der Waals surface area contributed by atoms with E-state index >= 15 is 0 Å². The van der Waals surface area contributed by atoms with Gasteiger partial charge in [0.1, 0.15) is 6.33 Å². The topological polar surface area (TPSA) is 77.7 Å². The first-order valence-corrected chi connectivity index (χ1v) is 14.6. The molecule has 0 saturated heterocycles. The summed E-state index contributed by atoms with van der Waals surface area (Å²) in [5.74, 6) is 1.07. The van der Waals surface area contributed by atoms with E-state index < -0.39 is 0 Å². The molecular formula is C28H29ClN4O2S2. The highest BCUT2D eigenvalue weighted by Gasteiger charge is 2.12. The first-order chi connectivity index (χ1) is 18.1. The fraction of sp³-hybridized carbons (Fsp3) is 0.321. The van der Waals surface area contributed by atoms with Gasteiger partial charge >= 0.3 is 0 Å². The number of halogens is 1. The molecule has 0 radical (unpaired) electrons. The molecule has 3 aromatic heterocycles. The molecule has 0 fully saturated rings. The van der Waals surface area contributed by atoms with Crippen molar-refractivity contribution in [3.8, 4) is 0 Å². The molecule has 0 atom stereocenters. The fourth-order valence-corrected chi connectivity index (χ4v) is 5.73. The zero-order valence-corrected chi connectivity index (χ0v) is 22.9. The number of carbonyl (C=O) groups excluding carboxylic acids is 1. The second-order valence-corrected chi connectivity index (χ2v) is 11.3. The van der Waals surface area contributed by atoms with Crippen LogP contribution in [0.1, 0.15) is 64.9 Å². The third kappa shape index (κ3) is 8.62.